The number of aromatic nitrogens is 1. The Morgan fingerprint density at radius 1 is 1.07 bits per heavy atom. The Labute approximate surface area is 258 Å². The molecular formula is C31H35ClF2N4O6. The molecule has 2 unspecified atom stereocenters. The van der Waals surface area contributed by atoms with Crippen molar-refractivity contribution < 1.29 is 33.0 Å². The van der Waals surface area contributed by atoms with Crippen molar-refractivity contribution in [3.05, 3.63) is 87.2 Å². The summed E-state index contributed by atoms with van der Waals surface area (Å²) in [6, 6.07) is 15.3. The second kappa shape index (κ2) is 15.4. The molecule has 0 aliphatic rings. The lowest BCUT2D eigenvalue weighted by atomic mass is 9.93. The van der Waals surface area contributed by atoms with Crippen LogP contribution < -0.4 is 21.5 Å². The van der Waals surface area contributed by atoms with E-state index in [0.29, 0.717) is 22.6 Å². The molecule has 1 heterocycles. The number of nitrogens with one attached hydrogen (secondary N) is 4. The van der Waals surface area contributed by atoms with Gasteiger partial charge in [0.15, 0.2) is 0 Å². The molecule has 5 N–H and O–H groups in total. The number of carbonyl (C=O) groups is 3. The molecule has 3 rings (SSSR count). The molecule has 3 amide bonds. The third kappa shape index (κ3) is 8.87. The van der Waals surface area contributed by atoms with Crippen molar-refractivity contribution in [3.63, 3.8) is 0 Å². The van der Waals surface area contributed by atoms with Crippen LogP contribution in [0.5, 0.6) is 0 Å². The highest BCUT2D eigenvalue weighted by Gasteiger charge is 2.51. The molecule has 1 aromatic heterocycles. The first-order valence-corrected chi connectivity index (χ1v) is 14.3. The highest BCUT2D eigenvalue weighted by atomic mass is 35.5. The Balaban J connectivity index is 1.90. The van der Waals surface area contributed by atoms with Crippen molar-refractivity contribution in [1.82, 2.24) is 15.6 Å². The molecule has 2 aromatic carbocycles. The van der Waals surface area contributed by atoms with Gasteiger partial charge in [0.25, 0.3) is 11.5 Å². The number of hydrogen-bond acceptors (Lipinski definition) is 6. The summed E-state index contributed by atoms with van der Waals surface area (Å²) in [6.07, 6.45) is -3.68. The lowest BCUT2D eigenvalue weighted by molar-refractivity contribution is -0.169. The summed E-state index contributed by atoms with van der Waals surface area (Å²) in [6.45, 7) is 4.56. The number of alkyl halides is 2. The summed E-state index contributed by atoms with van der Waals surface area (Å²) in [7, 11) is 0. The van der Waals surface area contributed by atoms with Crippen molar-refractivity contribution in [2.24, 2.45) is 5.92 Å². The highest BCUT2D eigenvalue weighted by Crippen LogP contribution is 2.28. The zero-order valence-electron chi connectivity index (χ0n) is 24.5. The van der Waals surface area contributed by atoms with Gasteiger partial charge in [-0.2, -0.15) is 8.78 Å². The van der Waals surface area contributed by atoms with Crippen molar-refractivity contribution in [2.45, 2.75) is 58.3 Å². The largest absolute Gasteiger partial charge is 0.444 e. The van der Waals surface area contributed by atoms with Gasteiger partial charge in [-0.1, -0.05) is 80.9 Å². The maximum Gasteiger partial charge on any atom is 0.412 e. The smallest absolute Gasteiger partial charge is 0.412 e. The number of pyridine rings is 1. The zero-order chi connectivity index (χ0) is 32.4. The fourth-order valence-corrected chi connectivity index (χ4v) is 4.55. The first-order valence-electron chi connectivity index (χ1n) is 14.0. The van der Waals surface area contributed by atoms with Crippen LogP contribution in [0.2, 0.25) is 5.02 Å². The highest BCUT2D eigenvalue weighted by molar-refractivity contribution is 6.33. The number of amides is 3. The summed E-state index contributed by atoms with van der Waals surface area (Å²) < 4.78 is 34.9. The third-order valence-corrected chi connectivity index (χ3v) is 7.00. The number of H-pyrrole nitrogens is 1. The molecule has 10 nitrogen and oxygen atoms in total. The van der Waals surface area contributed by atoms with Gasteiger partial charge < -0.3 is 25.5 Å². The molecule has 0 aliphatic carbocycles. The molecule has 2 atom stereocenters. The Hall–Kier alpha value is -4.29. The molecule has 13 heteroatoms. The van der Waals surface area contributed by atoms with Crippen LogP contribution in [0.15, 0.2) is 65.5 Å². The molecule has 0 radical (unpaired) electrons. The van der Waals surface area contributed by atoms with Crippen LogP contribution in [0, 0.1) is 5.92 Å². The summed E-state index contributed by atoms with van der Waals surface area (Å²) in [5.74, 6) is -7.44. The van der Waals surface area contributed by atoms with Crippen LogP contribution in [0.3, 0.4) is 0 Å². The van der Waals surface area contributed by atoms with Gasteiger partial charge in [-0.3, -0.25) is 19.7 Å². The summed E-state index contributed by atoms with van der Waals surface area (Å²) in [4.78, 5) is 53.7. The van der Waals surface area contributed by atoms with E-state index in [-0.39, 0.29) is 30.1 Å². The average molecular weight is 633 g/mol. The molecule has 0 saturated heterocycles. The molecule has 0 fully saturated rings. The molecule has 236 valence electrons. The Bertz CT molecular complexity index is 1520. The predicted octanol–water partition coefficient (Wildman–Crippen LogP) is 4.65. The van der Waals surface area contributed by atoms with Crippen molar-refractivity contribution in [1.29, 1.82) is 0 Å². The summed E-state index contributed by atoms with van der Waals surface area (Å²) in [5.41, 5.74) is 0.290. The molecule has 0 aliphatic heterocycles. The minimum absolute atomic E-state index is 0.0142. The number of benzene rings is 2. The fraction of sp³-hybridized carbons (Fsp3) is 0.355. The van der Waals surface area contributed by atoms with E-state index in [4.69, 9.17) is 16.3 Å². The second-order valence-electron chi connectivity index (χ2n) is 10.4. The van der Waals surface area contributed by atoms with E-state index in [1.807, 2.05) is 0 Å². The van der Waals surface area contributed by atoms with E-state index in [9.17, 15) is 33.1 Å². The summed E-state index contributed by atoms with van der Waals surface area (Å²) >= 11 is 6.31. The van der Waals surface area contributed by atoms with Gasteiger partial charge in [0.1, 0.15) is 18.4 Å². The fourth-order valence-electron chi connectivity index (χ4n) is 4.31. The lowest BCUT2D eigenvalue weighted by Gasteiger charge is -2.32. The topological polar surface area (TPSA) is 150 Å². The predicted molar refractivity (Wildman–Crippen MR) is 162 cm³/mol. The van der Waals surface area contributed by atoms with E-state index in [0.717, 1.165) is 0 Å². The van der Waals surface area contributed by atoms with E-state index in [1.165, 1.54) is 19.9 Å². The van der Waals surface area contributed by atoms with E-state index in [2.05, 4.69) is 20.9 Å². The number of carbonyl (C=O) groups excluding carboxylic acids is 3. The molecule has 0 bridgehead atoms. The maximum absolute atomic E-state index is 14.8. The van der Waals surface area contributed by atoms with Crippen molar-refractivity contribution in [2.75, 3.05) is 11.9 Å². The standard InChI is InChI=1S/C31H35ClF2N4O6/c1-4-14-35-29(42)31(33,34)27(40)25(18(2)3)37-24(39)16-20-15-23(21-12-8-9-13-22(21)32)36-28(41)26(20)38-30(43)44-17-19-10-6-5-7-11-19/h5-13,15,18,25,27,40H,4,14,16-17H2,1-3H3,(H,35,42)(H,36,41)(H,37,39)(H,38,43). The molecule has 44 heavy (non-hydrogen) atoms. The second-order valence-corrected chi connectivity index (χ2v) is 10.8. The SMILES string of the molecule is CCCNC(=O)C(F)(F)C(O)C(NC(=O)Cc1cc(-c2ccccc2Cl)[nH]c(=O)c1NC(=O)OCc1ccccc1)C(C)C. The first kappa shape index (κ1) is 34.2. The number of anilines is 1. The van der Waals surface area contributed by atoms with Crippen LogP contribution in [0.4, 0.5) is 19.3 Å². The number of aromatic amines is 1. The molecule has 0 saturated carbocycles. The van der Waals surface area contributed by atoms with Gasteiger partial charge in [0, 0.05) is 17.1 Å². The van der Waals surface area contributed by atoms with Crippen molar-refractivity contribution in [3.8, 4) is 11.3 Å². The van der Waals surface area contributed by atoms with Crippen LogP contribution in [-0.2, 0) is 27.4 Å². The number of aliphatic hydroxyl groups excluding tert-OH is 1. The Morgan fingerprint density at radius 3 is 2.36 bits per heavy atom. The minimum atomic E-state index is -4.20. The zero-order valence-corrected chi connectivity index (χ0v) is 25.2. The monoisotopic (exact) mass is 632 g/mol. The van der Waals surface area contributed by atoms with E-state index in [1.54, 1.807) is 61.5 Å². The van der Waals surface area contributed by atoms with Gasteiger partial charge in [0.05, 0.1) is 18.2 Å². The normalized spacial score (nSPS) is 12.7. The quantitative estimate of drug-likeness (QED) is 0.185. The Kier molecular flexibility index (Phi) is 12.0. The van der Waals surface area contributed by atoms with Crippen LogP contribution >= 0.6 is 11.6 Å². The molecule has 3 aromatic rings. The Morgan fingerprint density at radius 2 is 1.73 bits per heavy atom. The van der Waals surface area contributed by atoms with Gasteiger partial charge in [0.2, 0.25) is 5.91 Å². The number of aliphatic hydroxyl groups is 1. The van der Waals surface area contributed by atoms with Gasteiger partial charge >= 0.3 is 12.0 Å². The number of rotatable bonds is 13. The maximum atomic E-state index is 14.8. The van der Waals surface area contributed by atoms with Gasteiger partial charge in [-0.25, -0.2) is 4.79 Å². The van der Waals surface area contributed by atoms with Gasteiger partial charge in [-0.05, 0) is 35.6 Å². The van der Waals surface area contributed by atoms with E-state index < -0.39 is 53.9 Å². The van der Waals surface area contributed by atoms with Crippen LogP contribution in [-0.4, -0.2) is 52.6 Å². The van der Waals surface area contributed by atoms with Crippen LogP contribution in [0.25, 0.3) is 11.3 Å². The van der Waals surface area contributed by atoms with Crippen molar-refractivity contribution >= 4 is 35.2 Å². The number of hydrogen-bond donors (Lipinski definition) is 5. The van der Waals surface area contributed by atoms with Crippen LogP contribution in [0.1, 0.15) is 38.3 Å². The number of ether oxygens (including phenoxy) is 1. The minimum Gasteiger partial charge on any atom is -0.444 e. The average Bonchev–Trinajstić information content (AvgIpc) is 2.99. The third-order valence-electron chi connectivity index (χ3n) is 6.67. The first-order chi connectivity index (χ1) is 20.8. The van der Waals surface area contributed by atoms with E-state index >= 15 is 0 Å². The number of halogens is 3. The van der Waals surface area contributed by atoms with Gasteiger partial charge in [-0.15, -0.1) is 0 Å². The lowest BCUT2D eigenvalue weighted by Crippen LogP contribution is -2.59. The molecular weight excluding hydrogens is 598 g/mol. The molecule has 0 spiro atoms. The summed E-state index contributed by atoms with van der Waals surface area (Å²) in [5, 5.41) is 17.6.